The molecule has 6 heteroatoms. The van der Waals surface area contributed by atoms with E-state index in [-0.39, 0.29) is 24.8 Å². The zero-order valence-corrected chi connectivity index (χ0v) is 15.8. The van der Waals surface area contributed by atoms with Crippen LogP contribution in [0.2, 0.25) is 5.02 Å². The molecule has 1 atom stereocenters. The van der Waals surface area contributed by atoms with E-state index >= 15 is 0 Å². The summed E-state index contributed by atoms with van der Waals surface area (Å²) >= 11 is 5.95. The summed E-state index contributed by atoms with van der Waals surface area (Å²) in [5, 5.41) is 11.4. The smallest absolute Gasteiger partial charge is 0.227 e. The maximum absolute atomic E-state index is 13.8. The summed E-state index contributed by atoms with van der Waals surface area (Å²) < 4.78 is 19.5. The molecular weight excluding hydrogens is 369 g/mol. The van der Waals surface area contributed by atoms with Crippen molar-refractivity contribution >= 4 is 17.5 Å². The van der Waals surface area contributed by atoms with Crippen LogP contribution in [-0.2, 0) is 11.2 Å². The fourth-order valence-corrected chi connectivity index (χ4v) is 3.44. The maximum Gasteiger partial charge on any atom is 0.227 e. The minimum Gasteiger partial charge on any atom is -0.491 e. The van der Waals surface area contributed by atoms with Gasteiger partial charge in [0.1, 0.15) is 23.8 Å². The van der Waals surface area contributed by atoms with E-state index in [9.17, 15) is 14.3 Å². The van der Waals surface area contributed by atoms with Gasteiger partial charge in [0, 0.05) is 18.1 Å². The SMILES string of the molecule is O=C(Cc1ccccc1F)N1CCCC(O)(COc2cccc(Cl)c2)CC1. The average molecular weight is 392 g/mol. The standard InChI is InChI=1S/C21H23ClFNO3/c22-17-6-3-7-18(14-17)27-15-21(26)9-4-11-24(12-10-21)20(25)13-16-5-1-2-8-19(16)23/h1-3,5-8,14,26H,4,9-13,15H2. The van der Waals surface area contributed by atoms with Gasteiger partial charge in [-0.2, -0.15) is 0 Å². The molecule has 0 spiro atoms. The lowest BCUT2D eigenvalue weighted by Gasteiger charge is -2.27. The van der Waals surface area contributed by atoms with Gasteiger partial charge in [-0.15, -0.1) is 0 Å². The molecule has 1 heterocycles. The minimum atomic E-state index is -1.00. The maximum atomic E-state index is 13.8. The summed E-state index contributed by atoms with van der Waals surface area (Å²) in [4.78, 5) is 14.2. The minimum absolute atomic E-state index is 0.0319. The molecule has 0 aromatic heterocycles. The van der Waals surface area contributed by atoms with Gasteiger partial charge in [-0.25, -0.2) is 4.39 Å². The lowest BCUT2D eigenvalue weighted by molar-refractivity contribution is -0.130. The van der Waals surface area contributed by atoms with Gasteiger partial charge in [0.25, 0.3) is 0 Å². The molecule has 144 valence electrons. The second-order valence-corrected chi connectivity index (χ2v) is 7.41. The molecule has 1 fully saturated rings. The molecular formula is C21H23ClFNO3. The molecule has 1 amide bonds. The Balaban J connectivity index is 1.56. The number of carbonyl (C=O) groups excluding carboxylic acids is 1. The first-order valence-electron chi connectivity index (χ1n) is 9.07. The zero-order valence-electron chi connectivity index (χ0n) is 15.0. The topological polar surface area (TPSA) is 49.8 Å². The van der Waals surface area contributed by atoms with E-state index in [1.165, 1.54) is 6.07 Å². The number of aliphatic hydroxyl groups is 1. The predicted molar refractivity (Wildman–Crippen MR) is 102 cm³/mol. The number of ether oxygens (including phenoxy) is 1. The van der Waals surface area contributed by atoms with Crippen molar-refractivity contribution in [1.82, 2.24) is 4.90 Å². The lowest BCUT2D eigenvalue weighted by atomic mass is 9.96. The summed E-state index contributed by atoms with van der Waals surface area (Å²) in [6, 6.07) is 13.3. The Morgan fingerprint density at radius 2 is 2.00 bits per heavy atom. The number of nitrogens with zero attached hydrogens (tertiary/aromatic N) is 1. The van der Waals surface area contributed by atoms with Crippen LogP contribution in [0.5, 0.6) is 5.75 Å². The largest absolute Gasteiger partial charge is 0.491 e. The van der Waals surface area contributed by atoms with Gasteiger partial charge in [0.2, 0.25) is 5.91 Å². The number of likely N-dealkylation sites (tertiary alicyclic amines) is 1. The second kappa shape index (κ2) is 8.72. The number of benzene rings is 2. The number of halogens is 2. The highest BCUT2D eigenvalue weighted by molar-refractivity contribution is 6.30. The van der Waals surface area contributed by atoms with E-state index in [2.05, 4.69) is 0 Å². The van der Waals surface area contributed by atoms with Crippen molar-refractivity contribution < 1.29 is 19.0 Å². The Hall–Kier alpha value is -2.11. The monoisotopic (exact) mass is 391 g/mol. The quantitative estimate of drug-likeness (QED) is 0.842. The van der Waals surface area contributed by atoms with Crippen LogP contribution in [0.4, 0.5) is 4.39 Å². The summed E-state index contributed by atoms with van der Waals surface area (Å²) in [5.74, 6) is 0.111. The first kappa shape index (κ1) is 19.6. The van der Waals surface area contributed by atoms with E-state index in [1.54, 1.807) is 47.4 Å². The molecule has 0 aliphatic carbocycles. The van der Waals surface area contributed by atoms with Crippen LogP contribution in [0.25, 0.3) is 0 Å². The Morgan fingerprint density at radius 3 is 2.78 bits per heavy atom. The highest BCUT2D eigenvalue weighted by atomic mass is 35.5. The van der Waals surface area contributed by atoms with Gasteiger partial charge in [0.05, 0.1) is 6.42 Å². The fraction of sp³-hybridized carbons (Fsp3) is 0.381. The number of amides is 1. The van der Waals surface area contributed by atoms with E-state index in [0.29, 0.717) is 48.7 Å². The van der Waals surface area contributed by atoms with Crippen LogP contribution in [0, 0.1) is 5.82 Å². The van der Waals surface area contributed by atoms with Crippen molar-refractivity contribution in [3.8, 4) is 5.75 Å². The van der Waals surface area contributed by atoms with Crippen molar-refractivity contribution in [3.63, 3.8) is 0 Å². The van der Waals surface area contributed by atoms with Crippen molar-refractivity contribution in [2.75, 3.05) is 19.7 Å². The zero-order chi connectivity index (χ0) is 19.3. The molecule has 0 radical (unpaired) electrons. The molecule has 1 aliphatic heterocycles. The molecule has 4 nitrogen and oxygen atoms in total. The van der Waals surface area contributed by atoms with Gasteiger partial charge >= 0.3 is 0 Å². The van der Waals surface area contributed by atoms with Gasteiger partial charge in [-0.3, -0.25) is 4.79 Å². The molecule has 1 saturated heterocycles. The van der Waals surface area contributed by atoms with Crippen LogP contribution in [-0.4, -0.2) is 41.2 Å². The van der Waals surface area contributed by atoms with E-state index in [1.807, 2.05) is 0 Å². The molecule has 1 aliphatic rings. The average Bonchev–Trinajstić information content (AvgIpc) is 2.84. The Morgan fingerprint density at radius 1 is 1.19 bits per heavy atom. The van der Waals surface area contributed by atoms with Gasteiger partial charge in [-0.05, 0) is 49.1 Å². The van der Waals surface area contributed by atoms with Crippen LogP contribution >= 0.6 is 11.6 Å². The highest BCUT2D eigenvalue weighted by Gasteiger charge is 2.32. The summed E-state index contributed by atoms with van der Waals surface area (Å²) in [6.45, 7) is 1.11. The summed E-state index contributed by atoms with van der Waals surface area (Å²) in [7, 11) is 0. The van der Waals surface area contributed by atoms with Crippen LogP contribution in [0.15, 0.2) is 48.5 Å². The van der Waals surface area contributed by atoms with Gasteiger partial charge in [-0.1, -0.05) is 35.9 Å². The fourth-order valence-electron chi connectivity index (χ4n) is 3.26. The first-order valence-corrected chi connectivity index (χ1v) is 9.45. The third-order valence-electron chi connectivity index (χ3n) is 4.87. The number of hydrogen-bond donors (Lipinski definition) is 1. The lowest BCUT2D eigenvalue weighted by Crippen LogP contribution is -2.38. The van der Waals surface area contributed by atoms with Gasteiger partial charge < -0.3 is 14.7 Å². The molecule has 1 N–H and O–H groups in total. The van der Waals surface area contributed by atoms with Crippen molar-refractivity contribution in [2.24, 2.45) is 0 Å². The van der Waals surface area contributed by atoms with Gasteiger partial charge in [0.15, 0.2) is 0 Å². The van der Waals surface area contributed by atoms with Crippen LogP contribution in [0.1, 0.15) is 24.8 Å². The van der Waals surface area contributed by atoms with E-state index < -0.39 is 5.60 Å². The Bertz CT molecular complexity index is 801. The van der Waals surface area contributed by atoms with Crippen molar-refractivity contribution in [3.05, 3.63) is 64.9 Å². The first-order chi connectivity index (χ1) is 13.0. The normalized spacial score (nSPS) is 20.2. The molecule has 0 saturated carbocycles. The Kier molecular flexibility index (Phi) is 6.34. The molecule has 3 rings (SSSR count). The van der Waals surface area contributed by atoms with Crippen molar-refractivity contribution in [2.45, 2.75) is 31.3 Å². The second-order valence-electron chi connectivity index (χ2n) is 6.97. The number of hydrogen-bond acceptors (Lipinski definition) is 3. The summed E-state index contributed by atoms with van der Waals surface area (Å²) in [5.41, 5.74) is -0.610. The molecule has 2 aromatic rings. The van der Waals surface area contributed by atoms with Crippen LogP contribution in [0.3, 0.4) is 0 Å². The molecule has 2 aromatic carbocycles. The number of rotatable bonds is 5. The van der Waals surface area contributed by atoms with Crippen molar-refractivity contribution in [1.29, 1.82) is 0 Å². The highest BCUT2D eigenvalue weighted by Crippen LogP contribution is 2.25. The van der Waals surface area contributed by atoms with Crippen LogP contribution < -0.4 is 4.74 Å². The van der Waals surface area contributed by atoms with E-state index in [0.717, 1.165) is 0 Å². The predicted octanol–water partition coefficient (Wildman–Crippen LogP) is 3.84. The molecule has 0 bridgehead atoms. The number of carbonyl (C=O) groups is 1. The van der Waals surface area contributed by atoms with E-state index in [4.69, 9.17) is 16.3 Å². The third-order valence-corrected chi connectivity index (χ3v) is 5.11. The Labute approximate surface area is 163 Å². The third kappa shape index (κ3) is 5.44. The molecule has 27 heavy (non-hydrogen) atoms. The molecule has 1 unspecified atom stereocenters. The summed E-state index contributed by atoms with van der Waals surface area (Å²) in [6.07, 6.45) is 1.65.